The lowest BCUT2D eigenvalue weighted by molar-refractivity contribution is -0.125. The van der Waals surface area contributed by atoms with Crippen LogP contribution in [0.5, 0.6) is 0 Å². The largest absolute Gasteiger partial charge is 0.338 e. The summed E-state index contributed by atoms with van der Waals surface area (Å²) in [6.45, 7) is 1.63. The van der Waals surface area contributed by atoms with Crippen molar-refractivity contribution in [3.8, 4) is 0 Å². The van der Waals surface area contributed by atoms with Crippen LogP contribution in [0.3, 0.4) is 0 Å². The molecule has 142 valence electrons. The molecule has 5 rings (SSSR count). The second-order valence-electron chi connectivity index (χ2n) is 7.70. The summed E-state index contributed by atoms with van der Waals surface area (Å²) in [5.41, 5.74) is 3.36. The highest BCUT2D eigenvalue weighted by molar-refractivity contribution is 7.11. The van der Waals surface area contributed by atoms with E-state index in [1.165, 1.54) is 10.5 Å². The van der Waals surface area contributed by atoms with Crippen LogP contribution in [-0.4, -0.2) is 34.8 Å². The molecule has 3 aliphatic rings. The van der Waals surface area contributed by atoms with Gasteiger partial charge in [0.1, 0.15) is 5.82 Å². The number of aryl methyl sites for hydroxylation is 1. The number of thiophene rings is 1. The minimum absolute atomic E-state index is 0.00865. The third kappa shape index (κ3) is 3.29. The molecule has 0 radical (unpaired) electrons. The van der Waals surface area contributed by atoms with Gasteiger partial charge in [-0.05, 0) is 65.0 Å². The third-order valence-electron chi connectivity index (χ3n) is 5.82. The quantitative estimate of drug-likeness (QED) is 0.813. The molecule has 0 aromatic carbocycles. The van der Waals surface area contributed by atoms with Crippen molar-refractivity contribution in [1.29, 1.82) is 0 Å². The highest BCUT2D eigenvalue weighted by atomic mass is 32.1. The van der Waals surface area contributed by atoms with E-state index in [1.807, 2.05) is 17.0 Å². The molecule has 0 bridgehead atoms. The maximum absolute atomic E-state index is 12.6. The van der Waals surface area contributed by atoms with Crippen LogP contribution in [0.4, 0.5) is 5.82 Å². The second-order valence-corrected chi connectivity index (χ2v) is 8.65. The van der Waals surface area contributed by atoms with Crippen LogP contribution >= 0.6 is 11.3 Å². The van der Waals surface area contributed by atoms with Crippen LogP contribution < -0.4 is 5.32 Å². The number of rotatable bonds is 3. The molecular weight excluding hydrogens is 370 g/mol. The van der Waals surface area contributed by atoms with Crippen molar-refractivity contribution in [2.45, 2.75) is 19.3 Å². The molecule has 2 aromatic heterocycles. The minimum Gasteiger partial charge on any atom is -0.338 e. The lowest BCUT2D eigenvalue weighted by atomic mass is 10.00. The Hall–Kier alpha value is -2.73. The van der Waals surface area contributed by atoms with E-state index in [1.54, 1.807) is 23.6 Å². The van der Waals surface area contributed by atoms with E-state index in [4.69, 9.17) is 0 Å². The second kappa shape index (κ2) is 7.02. The number of carbonyl (C=O) groups excluding carboxylic acids is 2. The highest BCUT2D eigenvalue weighted by Gasteiger charge is 2.37. The van der Waals surface area contributed by atoms with Gasteiger partial charge in [0.25, 0.3) is 0 Å². The van der Waals surface area contributed by atoms with Crippen molar-refractivity contribution in [3.05, 3.63) is 57.9 Å². The predicted molar refractivity (Wildman–Crippen MR) is 111 cm³/mol. The van der Waals surface area contributed by atoms with Crippen molar-refractivity contribution < 1.29 is 9.59 Å². The first-order valence-electron chi connectivity index (χ1n) is 9.66. The lowest BCUT2D eigenvalue weighted by Crippen LogP contribution is -2.27. The zero-order valence-electron chi connectivity index (χ0n) is 15.4. The number of nitrogens with zero attached hydrogens (tertiary/aromatic N) is 2. The number of aromatic nitrogens is 1. The van der Waals surface area contributed by atoms with Crippen LogP contribution in [0.1, 0.15) is 28.8 Å². The normalized spacial score (nSPS) is 23.5. The van der Waals surface area contributed by atoms with E-state index < -0.39 is 0 Å². The van der Waals surface area contributed by atoms with Crippen molar-refractivity contribution in [2.24, 2.45) is 11.8 Å². The smallest absolute Gasteiger partial charge is 0.246 e. The molecule has 1 fully saturated rings. The molecule has 1 N–H and O–H groups in total. The molecule has 2 atom stereocenters. The van der Waals surface area contributed by atoms with Crippen LogP contribution in [0.25, 0.3) is 11.6 Å². The van der Waals surface area contributed by atoms with E-state index >= 15 is 0 Å². The SMILES string of the molecule is O=C1CCc2cc(/C=C/C(=O)N3CC4C=C(c5cccs5)CC4C3)cnc2N1. The molecule has 1 saturated heterocycles. The number of allylic oxidation sites excluding steroid dienone is 1. The fourth-order valence-electron chi connectivity index (χ4n) is 4.37. The highest BCUT2D eigenvalue weighted by Crippen LogP contribution is 2.42. The number of carbonyl (C=O) groups is 2. The summed E-state index contributed by atoms with van der Waals surface area (Å²) in [5, 5.41) is 4.90. The van der Waals surface area contributed by atoms with Crippen LogP contribution in [-0.2, 0) is 16.0 Å². The van der Waals surface area contributed by atoms with Gasteiger partial charge in [-0.15, -0.1) is 11.3 Å². The van der Waals surface area contributed by atoms with Crippen molar-refractivity contribution >= 4 is 40.6 Å². The molecule has 2 amide bonds. The maximum atomic E-state index is 12.6. The summed E-state index contributed by atoms with van der Waals surface area (Å²) in [6, 6.07) is 6.28. The van der Waals surface area contributed by atoms with Gasteiger partial charge in [-0.3, -0.25) is 9.59 Å². The van der Waals surface area contributed by atoms with Crippen LogP contribution in [0.2, 0.25) is 0 Å². The molecule has 1 aliphatic carbocycles. The zero-order valence-corrected chi connectivity index (χ0v) is 16.2. The predicted octanol–water partition coefficient (Wildman–Crippen LogP) is 3.60. The number of fused-ring (bicyclic) bond motifs is 2. The molecule has 2 aliphatic heterocycles. The third-order valence-corrected chi connectivity index (χ3v) is 6.77. The molecule has 0 spiro atoms. The van der Waals surface area contributed by atoms with Gasteiger partial charge in [-0.1, -0.05) is 12.1 Å². The average Bonchev–Trinajstić information content (AvgIpc) is 3.41. The van der Waals surface area contributed by atoms with E-state index in [0.29, 0.717) is 30.5 Å². The monoisotopic (exact) mass is 391 g/mol. The number of anilines is 1. The Kier molecular flexibility index (Phi) is 4.36. The van der Waals surface area contributed by atoms with Gasteiger partial charge in [-0.25, -0.2) is 4.98 Å². The summed E-state index contributed by atoms with van der Waals surface area (Å²) in [4.78, 5) is 31.7. The Morgan fingerprint density at radius 1 is 1.32 bits per heavy atom. The fraction of sp³-hybridized carbons (Fsp3) is 0.318. The van der Waals surface area contributed by atoms with Crippen molar-refractivity contribution in [2.75, 3.05) is 18.4 Å². The molecule has 2 aromatic rings. The van der Waals surface area contributed by atoms with Crippen molar-refractivity contribution in [1.82, 2.24) is 9.88 Å². The van der Waals surface area contributed by atoms with Gasteiger partial charge in [0.2, 0.25) is 11.8 Å². The average molecular weight is 391 g/mol. The van der Waals surface area contributed by atoms with E-state index in [9.17, 15) is 9.59 Å². The Balaban J connectivity index is 1.23. The van der Waals surface area contributed by atoms with Gasteiger partial charge in [0.15, 0.2) is 0 Å². The van der Waals surface area contributed by atoms with Gasteiger partial charge in [-0.2, -0.15) is 0 Å². The topological polar surface area (TPSA) is 62.3 Å². The van der Waals surface area contributed by atoms with Crippen molar-refractivity contribution in [3.63, 3.8) is 0 Å². The fourth-order valence-corrected chi connectivity index (χ4v) is 5.14. The molecule has 6 heteroatoms. The molecular formula is C22H21N3O2S. The summed E-state index contributed by atoms with van der Waals surface area (Å²) >= 11 is 1.79. The first-order valence-corrected chi connectivity index (χ1v) is 10.5. The van der Waals surface area contributed by atoms with Gasteiger partial charge in [0, 0.05) is 36.7 Å². The maximum Gasteiger partial charge on any atom is 0.246 e. The molecule has 5 nitrogen and oxygen atoms in total. The number of hydrogen-bond acceptors (Lipinski definition) is 4. The first kappa shape index (κ1) is 17.4. The summed E-state index contributed by atoms with van der Waals surface area (Å²) in [7, 11) is 0. The number of pyridine rings is 1. The van der Waals surface area contributed by atoms with Gasteiger partial charge in [0.05, 0.1) is 0 Å². The van der Waals surface area contributed by atoms with Crippen LogP contribution in [0, 0.1) is 11.8 Å². The summed E-state index contributed by atoms with van der Waals surface area (Å²) < 4.78 is 0. The Bertz CT molecular complexity index is 993. The zero-order chi connectivity index (χ0) is 19.1. The first-order chi connectivity index (χ1) is 13.7. The van der Waals surface area contributed by atoms with E-state index in [-0.39, 0.29) is 11.8 Å². The van der Waals surface area contributed by atoms with E-state index in [2.05, 4.69) is 33.9 Å². The van der Waals surface area contributed by atoms with Gasteiger partial charge < -0.3 is 10.2 Å². The Morgan fingerprint density at radius 2 is 2.25 bits per heavy atom. The molecule has 0 saturated carbocycles. The van der Waals surface area contributed by atoms with Gasteiger partial charge >= 0.3 is 0 Å². The molecule has 28 heavy (non-hydrogen) atoms. The number of hydrogen-bond donors (Lipinski definition) is 1. The lowest BCUT2D eigenvalue weighted by Gasteiger charge is -2.16. The molecule has 2 unspecified atom stereocenters. The summed E-state index contributed by atoms with van der Waals surface area (Å²) in [5.74, 6) is 1.73. The Morgan fingerprint density at radius 3 is 3.07 bits per heavy atom. The number of nitrogens with one attached hydrogen (secondary N) is 1. The standard InChI is InChI=1S/C22H21N3O2S/c26-20-5-4-15-8-14(11-23-22(15)24-20)3-6-21(27)25-12-17-9-16(10-18(17)13-25)19-2-1-7-28-19/h1-3,6-9,11,17-18H,4-5,10,12-13H2,(H,23,24,26)/b6-3+. The van der Waals surface area contributed by atoms with Crippen LogP contribution in [0.15, 0.2) is 41.9 Å². The van der Waals surface area contributed by atoms with E-state index in [0.717, 1.165) is 30.6 Å². The Labute approximate surface area is 167 Å². The molecule has 4 heterocycles. The minimum atomic E-state index is 0.00865. The number of amides is 2. The number of likely N-dealkylation sites (tertiary alicyclic amines) is 1. The summed E-state index contributed by atoms with van der Waals surface area (Å²) in [6.07, 6.45) is 9.79.